The zero-order valence-corrected chi connectivity index (χ0v) is 11.7. The van der Waals surface area contributed by atoms with Gasteiger partial charge in [0.25, 0.3) is 0 Å². The maximum Gasteiger partial charge on any atom is 0.338 e. The average molecular weight is 290 g/mol. The molecule has 5 heteroatoms. The number of halogens is 1. The first-order valence-electron chi connectivity index (χ1n) is 6.30. The zero-order chi connectivity index (χ0) is 15.4. The molecule has 0 unspecified atom stereocenters. The molecule has 21 heavy (non-hydrogen) atoms. The van der Waals surface area contributed by atoms with Crippen LogP contribution in [0.4, 0.5) is 4.39 Å². The zero-order valence-electron chi connectivity index (χ0n) is 11.7. The molecule has 0 radical (unpaired) electrons. The summed E-state index contributed by atoms with van der Waals surface area (Å²) >= 11 is 0. The Hall–Kier alpha value is -2.56. The second-order valence-corrected chi connectivity index (χ2v) is 4.56. The first-order valence-corrected chi connectivity index (χ1v) is 6.30. The van der Waals surface area contributed by atoms with Crippen LogP contribution in [0.25, 0.3) is 0 Å². The Morgan fingerprint density at radius 3 is 2.62 bits per heavy atom. The molecule has 2 rings (SSSR count). The maximum atomic E-state index is 13.3. The van der Waals surface area contributed by atoms with Crippen molar-refractivity contribution in [3.8, 4) is 11.5 Å². The molecule has 110 valence electrons. The molecule has 0 aliphatic carbocycles. The molecule has 0 saturated heterocycles. The Balaban J connectivity index is 2.17. The third-order valence-electron chi connectivity index (χ3n) is 2.97. The summed E-state index contributed by atoms with van der Waals surface area (Å²) in [5.74, 6) is -0.929. The predicted molar refractivity (Wildman–Crippen MR) is 75.4 cm³/mol. The molecule has 0 fully saturated rings. The van der Waals surface area contributed by atoms with Crippen molar-refractivity contribution >= 4 is 5.97 Å². The Labute approximate surface area is 121 Å². The molecule has 0 aromatic heterocycles. The molecule has 0 saturated carbocycles. The van der Waals surface area contributed by atoms with Crippen molar-refractivity contribution in [2.24, 2.45) is 0 Å². The second-order valence-electron chi connectivity index (χ2n) is 4.56. The van der Waals surface area contributed by atoms with E-state index in [4.69, 9.17) is 14.6 Å². The summed E-state index contributed by atoms with van der Waals surface area (Å²) in [4.78, 5) is 10.9. The third-order valence-corrected chi connectivity index (χ3v) is 2.97. The van der Waals surface area contributed by atoms with E-state index in [2.05, 4.69) is 0 Å². The van der Waals surface area contributed by atoms with Crippen molar-refractivity contribution in [2.75, 3.05) is 7.11 Å². The summed E-state index contributed by atoms with van der Waals surface area (Å²) in [6, 6.07) is 9.36. The lowest BCUT2D eigenvalue weighted by molar-refractivity contribution is 0.0691. The number of ether oxygens (including phenoxy) is 2. The van der Waals surface area contributed by atoms with E-state index in [9.17, 15) is 9.18 Å². The molecule has 0 amide bonds. The number of hydrogen-bond donors (Lipinski definition) is 1. The van der Waals surface area contributed by atoms with E-state index in [1.165, 1.54) is 12.1 Å². The van der Waals surface area contributed by atoms with Crippen LogP contribution in [-0.2, 0) is 6.61 Å². The predicted octanol–water partition coefficient (Wildman–Crippen LogP) is 3.42. The second kappa shape index (κ2) is 6.26. The molecule has 4 nitrogen and oxygen atoms in total. The van der Waals surface area contributed by atoms with E-state index < -0.39 is 11.8 Å². The standard InChI is InChI=1S/C16H15FO4/c1-10-3-6-14(15(7-10)20-2)21-9-11-4-5-13(17)12(8-11)16(18)19/h3-8H,9H2,1-2H3,(H,18,19). The van der Waals surface area contributed by atoms with Gasteiger partial charge in [-0.1, -0.05) is 12.1 Å². The molecule has 0 spiro atoms. The van der Waals surface area contributed by atoms with Crippen LogP contribution in [0.5, 0.6) is 11.5 Å². The van der Waals surface area contributed by atoms with Gasteiger partial charge in [-0.2, -0.15) is 0 Å². The van der Waals surface area contributed by atoms with Crippen LogP contribution in [0.1, 0.15) is 21.5 Å². The van der Waals surface area contributed by atoms with Gasteiger partial charge in [-0.15, -0.1) is 0 Å². The Bertz CT molecular complexity index is 667. The van der Waals surface area contributed by atoms with E-state index in [1.54, 1.807) is 13.2 Å². The van der Waals surface area contributed by atoms with E-state index in [0.717, 1.165) is 11.6 Å². The third kappa shape index (κ3) is 3.51. The molecule has 1 N–H and O–H groups in total. The minimum absolute atomic E-state index is 0.125. The summed E-state index contributed by atoms with van der Waals surface area (Å²) in [5.41, 5.74) is 1.23. The lowest BCUT2D eigenvalue weighted by Gasteiger charge is -2.11. The van der Waals surface area contributed by atoms with Gasteiger partial charge in [-0.25, -0.2) is 9.18 Å². The highest BCUT2D eigenvalue weighted by Crippen LogP contribution is 2.28. The van der Waals surface area contributed by atoms with E-state index in [0.29, 0.717) is 17.1 Å². The Morgan fingerprint density at radius 2 is 1.95 bits per heavy atom. The van der Waals surface area contributed by atoms with Gasteiger partial charge in [0.15, 0.2) is 11.5 Å². The summed E-state index contributed by atoms with van der Waals surface area (Å²) < 4.78 is 24.1. The number of aromatic carboxylic acids is 1. The molecule has 2 aromatic carbocycles. The van der Waals surface area contributed by atoms with Crippen LogP contribution in [0.15, 0.2) is 36.4 Å². The average Bonchev–Trinajstić information content (AvgIpc) is 2.46. The van der Waals surface area contributed by atoms with Crippen LogP contribution in [0, 0.1) is 12.7 Å². The first kappa shape index (κ1) is 14.8. The van der Waals surface area contributed by atoms with Crippen LogP contribution in [0.3, 0.4) is 0 Å². The Kier molecular flexibility index (Phi) is 4.42. The fraction of sp³-hybridized carbons (Fsp3) is 0.188. The van der Waals surface area contributed by atoms with E-state index in [-0.39, 0.29) is 12.2 Å². The number of benzene rings is 2. The minimum Gasteiger partial charge on any atom is -0.493 e. The fourth-order valence-corrected chi connectivity index (χ4v) is 1.88. The molecule has 2 aromatic rings. The number of aryl methyl sites for hydroxylation is 1. The number of hydrogen-bond acceptors (Lipinski definition) is 3. The van der Waals surface area contributed by atoms with Crippen molar-refractivity contribution in [2.45, 2.75) is 13.5 Å². The summed E-state index contributed by atoms with van der Waals surface area (Å²) in [6.07, 6.45) is 0. The van der Waals surface area contributed by atoms with Crippen LogP contribution in [0.2, 0.25) is 0 Å². The molecule has 0 atom stereocenters. The SMILES string of the molecule is COc1cc(C)ccc1OCc1ccc(F)c(C(=O)O)c1. The number of carbonyl (C=O) groups is 1. The molecule has 0 aliphatic heterocycles. The topological polar surface area (TPSA) is 55.8 Å². The lowest BCUT2D eigenvalue weighted by atomic mass is 10.1. The molecular formula is C16H15FO4. The molecule has 0 bridgehead atoms. The highest BCUT2D eigenvalue weighted by molar-refractivity contribution is 5.88. The summed E-state index contributed by atoms with van der Waals surface area (Å²) in [6.45, 7) is 2.06. The van der Waals surface area contributed by atoms with Gasteiger partial charge < -0.3 is 14.6 Å². The molecular weight excluding hydrogens is 275 g/mol. The van der Waals surface area contributed by atoms with Crippen LogP contribution >= 0.6 is 0 Å². The monoisotopic (exact) mass is 290 g/mol. The van der Waals surface area contributed by atoms with Gasteiger partial charge >= 0.3 is 5.97 Å². The minimum atomic E-state index is -1.30. The normalized spacial score (nSPS) is 10.2. The van der Waals surface area contributed by atoms with Gasteiger partial charge in [-0.05, 0) is 42.3 Å². The van der Waals surface area contributed by atoms with Crippen LogP contribution in [-0.4, -0.2) is 18.2 Å². The first-order chi connectivity index (χ1) is 10.0. The molecule has 0 aliphatic rings. The van der Waals surface area contributed by atoms with Crippen molar-refractivity contribution in [1.29, 1.82) is 0 Å². The van der Waals surface area contributed by atoms with E-state index in [1.807, 2.05) is 19.1 Å². The Morgan fingerprint density at radius 1 is 1.19 bits per heavy atom. The number of rotatable bonds is 5. The molecule has 0 heterocycles. The van der Waals surface area contributed by atoms with Gasteiger partial charge in [0.05, 0.1) is 12.7 Å². The summed E-state index contributed by atoms with van der Waals surface area (Å²) in [7, 11) is 1.54. The highest BCUT2D eigenvalue weighted by Gasteiger charge is 2.11. The smallest absolute Gasteiger partial charge is 0.338 e. The number of methoxy groups -OCH3 is 1. The number of carboxylic acids is 1. The van der Waals surface area contributed by atoms with Gasteiger partial charge in [0.1, 0.15) is 12.4 Å². The van der Waals surface area contributed by atoms with Gasteiger partial charge in [0, 0.05) is 0 Å². The van der Waals surface area contributed by atoms with Gasteiger partial charge in [-0.3, -0.25) is 0 Å². The number of carboxylic acid groups (broad SMARTS) is 1. The van der Waals surface area contributed by atoms with E-state index >= 15 is 0 Å². The van der Waals surface area contributed by atoms with Gasteiger partial charge in [0.2, 0.25) is 0 Å². The fourth-order valence-electron chi connectivity index (χ4n) is 1.88. The lowest BCUT2D eigenvalue weighted by Crippen LogP contribution is -2.04. The quantitative estimate of drug-likeness (QED) is 0.916. The van der Waals surface area contributed by atoms with Crippen LogP contribution < -0.4 is 9.47 Å². The van der Waals surface area contributed by atoms with Crippen molar-refractivity contribution in [3.05, 3.63) is 58.9 Å². The maximum absolute atomic E-state index is 13.3. The van der Waals surface area contributed by atoms with Crippen molar-refractivity contribution in [1.82, 2.24) is 0 Å². The van der Waals surface area contributed by atoms with Crippen molar-refractivity contribution < 1.29 is 23.8 Å². The largest absolute Gasteiger partial charge is 0.493 e. The van der Waals surface area contributed by atoms with Crippen molar-refractivity contribution in [3.63, 3.8) is 0 Å². The highest BCUT2D eigenvalue weighted by atomic mass is 19.1. The summed E-state index contributed by atoms with van der Waals surface area (Å²) in [5, 5.41) is 8.89.